The zero-order valence-corrected chi connectivity index (χ0v) is 14.8. The van der Waals surface area contributed by atoms with E-state index in [1.807, 2.05) is 6.92 Å². The summed E-state index contributed by atoms with van der Waals surface area (Å²) in [6.45, 7) is 1.82. The molecule has 0 spiro atoms. The van der Waals surface area contributed by atoms with E-state index in [1.54, 1.807) is 12.1 Å². The molecule has 0 saturated carbocycles. The number of hydrogen-bond acceptors (Lipinski definition) is 6. The first kappa shape index (κ1) is 19.1. The lowest BCUT2D eigenvalue weighted by Gasteiger charge is -2.10. The minimum Gasteiger partial charge on any atom is -0.464 e. The molecule has 0 aromatic heterocycles. The second kappa shape index (κ2) is 7.79. The van der Waals surface area contributed by atoms with Crippen molar-refractivity contribution in [2.45, 2.75) is 11.8 Å². The van der Waals surface area contributed by atoms with Crippen LogP contribution < -0.4 is 4.72 Å². The van der Waals surface area contributed by atoms with Crippen LogP contribution in [0.1, 0.15) is 11.1 Å². The molecule has 9 heteroatoms. The van der Waals surface area contributed by atoms with E-state index in [0.717, 1.165) is 12.7 Å². The standard InChI is InChI=1S/C17H16N2O6S/c1-12-3-9-15(10-4-12)26(23,24)18-16(17(20)25-2)11-13-5-7-14(8-6-13)19(21)22/h3-11,18H,1-2H3/b16-11-. The van der Waals surface area contributed by atoms with Gasteiger partial charge in [0, 0.05) is 12.1 Å². The highest BCUT2D eigenvalue weighted by Gasteiger charge is 2.20. The van der Waals surface area contributed by atoms with Gasteiger partial charge in [-0.1, -0.05) is 17.7 Å². The van der Waals surface area contributed by atoms with Crippen molar-refractivity contribution in [2.75, 3.05) is 7.11 Å². The Hall–Kier alpha value is -3.20. The minimum atomic E-state index is -4.00. The quantitative estimate of drug-likeness (QED) is 0.358. The molecule has 2 aromatic rings. The first-order valence-electron chi connectivity index (χ1n) is 7.37. The maximum atomic E-state index is 12.5. The predicted molar refractivity (Wildman–Crippen MR) is 94.6 cm³/mol. The van der Waals surface area contributed by atoms with Crippen molar-refractivity contribution >= 4 is 27.8 Å². The zero-order valence-electron chi connectivity index (χ0n) is 14.0. The second-order valence-electron chi connectivity index (χ2n) is 5.32. The number of nitro groups is 1. The average molecular weight is 376 g/mol. The van der Waals surface area contributed by atoms with E-state index in [-0.39, 0.29) is 16.3 Å². The fourth-order valence-electron chi connectivity index (χ4n) is 2.02. The molecule has 26 heavy (non-hydrogen) atoms. The number of hydrogen-bond donors (Lipinski definition) is 1. The van der Waals surface area contributed by atoms with Crippen LogP contribution in [0.5, 0.6) is 0 Å². The van der Waals surface area contributed by atoms with E-state index in [4.69, 9.17) is 0 Å². The van der Waals surface area contributed by atoms with Crippen molar-refractivity contribution in [3.63, 3.8) is 0 Å². The lowest BCUT2D eigenvalue weighted by Crippen LogP contribution is -2.28. The van der Waals surface area contributed by atoms with Crippen LogP contribution >= 0.6 is 0 Å². The summed E-state index contributed by atoms with van der Waals surface area (Å²) in [4.78, 5) is 22.0. The van der Waals surface area contributed by atoms with Gasteiger partial charge in [-0.05, 0) is 42.8 Å². The summed E-state index contributed by atoms with van der Waals surface area (Å²) in [5.41, 5.74) is 0.838. The molecule has 0 heterocycles. The summed E-state index contributed by atoms with van der Waals surface area (Å²) in [5, 5.41) is 10.7. The second-order valence-corrected chi connectivity index (χ2v) is 7.00. The maximum Gasteiger partial charge on any atom is 0.355 e. The first-order chi connectivity index (χ1) is 12.2. The van der Waals surface area contributed by atoms with Gasteiger partial charge in [-0.2, -0.15) is 0 Å². The van der Waals surface area contributed by atoms with Crippen LogP contribution in [0, 0.1) is 17.0 Å². The number of nitrogens with one attached hydrogen (secondary N) is 1. The number of non-ortho nitro benzene ring substituents is 1. The fraction of sp³-hybridized carbons (Fsp3) is 0.118. The highest BCUT2D eigenvalue weighted by atomic mass is 32.2. The molecule has 0 aliphatic rings. The Morgan fingerprint density at radius 3 is 2.19 bits per heavy atom. The third-order valence-electron chi connectivity index (χ3n) is 3.40. The normalized spacial score (nSPS) is 11.7. The Morgan fingerprint density at radius 1 is 1.12 bits per heavy atom. The van der Waals surface area contributed by atoms with Gasteiger partial charge in [0.05, 0.1) is 16.9 Å². The highest BCUT2D eigenvalue weighted by Crippen LogP contribution is 2.16. The van der Waals surface area contributed by atoms with E-state index in [9.17, 15) is 23.3 Å². The van der Waals surface area contributed by atoms with Crippen molar-refractivity contribution < 1.29 is 22.9 Å². The molecule has 0 atom stereocenters. The van der Waals surface area contributed by atoms with E-state index >= 15 is 0 Å². The van der Waals surface area contributed by atoms with Gasteiger partial charge in [0.2, 0.25) is 0 Å². The molecule has 0 fully saturated rings. The predicted octanol–water partition coefficient (Wildman–Crippen LogP) is 2.40. The molecule has 136 valence electrons. The van der Waals surface area contributed by atoms with Gasteiger partial charge in [-0.25, -0.2) is 13.2 Å². The Kier molecular flexibility index (Phi) is 5.73. The number of carbonyl (C=O) groups excluding carboxylic acids is 1. The summed E-state index contributed by atoms with van der Waals surface area (Å²) < 4.78 is 31.7. The van der Waals surface area contributed by atoms with Crippen LogP contribution in [-0.4, -0.2) is 26.4 Å². The number of esters is 1. The zero-order chi connectivity index (χ0) is 19.3. The van der Waals surface area contributed by atoms with Gasteiger partial charge in [0.1, 0.15) is 5.70 Å². The minimum absolute atomic E-state index is 0.0124. The van der Waals surface area contributed by atoms with Crippen LogP contribution in [0.3, 0.4) is 0 Å². The number of benzene rings is 2. The molecule has 0 radical (unpaired) electrons. The summed E-state index contributed by atoms with van der Waals surface area (Å²) in [7, 11) is -2.88. The van der Waals surface area contributed by atoms with Crippen LogP contribution in [-0.2, 0) is 19.6 Å². The molecule has 0 saturated heterocycles. The number of aryl methyl sites for hydroxylation is 1. The molecule has 0 aliphatic carbocycles. The molecule has 1 N–H and O–H groups in total. The van der Waals surface area contributed by atoms with E-state index in [0.29, 0.717) is 5.56 Å². The van der Waals surface area contributed by atoms with E-state index in [1.165, 1.54) is 42.5 Å². The molecule has 0 aliphatic heterocycles. The molecule has 2 aromatic carbocycles. The van der Waals surface area contributed by atoms with Crippen molar-refractivity contribution in [3.05, 3.63) is 75.5 Å². The molecular weight excluding hydrogens is 360 g/mol. The number of carbonyl (C=O) groups is 1. The molecule has 2 rings (SSSR count). The number of nitrogens with zero attached hydrogens (tertiary/aromatic N) is 1. The van der Waals surface area contributed by atoms with Gasteiger partial charge >= 0.3 is 5.97 Å². The monoisotopic (exact) mass is 376 g/mol. The molecule has 0 bridgehead atoms. The van der Waals surface area contributed by atoms with Gasteiger partial charge in [0.15, 0.2) is 0 Å². The SMILES string of the molecule is COC(=O)/C(=C/c1ccc([N+](=O)[O-])cc1)NS(=O)(=O)c1ccc(C)cc1. The van der Waals surface area contributed by atoms with Crippen molar-refractivity contribution in [3.8, 4) is 0 Å². The van der Waals surface area contributed by atoms with Crippen LogP contribution in [0.25, 0.3) is 6.08 Å². The number of nitro benzene ring substituents is 1. The van der Waals surface area contributed by atoms with Crippen LogP contribution in [0.15, 0.2) is 59.1 Å². The number of ether oxygens (including phenoxy) is 1. The summed E-state index contributed by atoms with van der Waals surface area (Å²) in [6, 6.07) is 11.4. The maximum absolute atomic E-state index is 12.5. The molecule has 0 unspecified atom stereocenters. The lowest BCUT2D eigenvalue weighted by atomic mass is 10.2. The summed E-state index contributed by atoms with van der Waals surface area (Å²) >= 11 is 0. The molecule has 8 nitrogen and oxygen atoms in total. The van der Waals surface area contributed by atoms with Crippen molar-refractivity contribution in [1.82, 2.24) is 4.72 Å². The highest BCUT2D eigenvalue weighted by molar-refractivity contribution is 7.89. The Balaban J connectivity index is 2.36. The van der Waals surface area contributed by atoms with Crippen LogP contribution in [0.4, 0.5) is 5.69 Å². The topological polar surface area (TPSA) is 116 Å². The van der Waals surface area contributed by atoms with E-state index < -0.39 is 20.9 Å². The van der Waals surface area contributed by atoms with Gasteiger partial charge in [-0.3, -0.25) is 14.8 Å². The number of rotatable bonds is 6. The van der Waals surface area contributed by atoms with Gasteiger partial charge < -0.3 is 4.74 Å². The fourth-order valence-corrected chi connectivity index (χ4v) is 3.06. The van der Waals surface area contributed by atoms with E-state index in [2.05, 4.69) is 9.46 Å². The summed E-state index contributed by atoms with van der Waals surface area (Å²) in [6.07, 6.45) is 1.24. The first-order valence-corrected chi connectivity index (χ1v) is 8.85. The largest absolute Gasteiger partial charge is 0.464 e. The van der Waals surface area contributed by atoms with Crippen LogP contribution in [0.2, 0.25) is 0 Å². The lowest BCUT2D eigenvalue weighted by molar-refractivity contribution is -0.384. The third kappa shape index (κ3) is 4.67. The van der Waals surface area contributed by atoms with Crippen molar-refractivity contribution in [1.29, 1.82) is 0 Å². The van der Waals surface area contributed by atoms with Gasteiger partial charge in [-0.15, -0.1) is 0 Å². The molecule has 0 amide bonds. The third-order valence-corrected chi connectivity index (χ3v) is 4.78. The number of sulfonamides is 1. The number of methoxy groups -OCH3 is 1. The van der Waals surface area contributed by atoms with Crippen molar-refractivity contribution in [2.24, 2.45) is 0 Å². The average Bonchev–Trinajstić information content (AvgIpc) is 2.61. The Labute approximate surface area is 150 Å². The summed E-state index contributed by atoms with van der Waals surface area (Å²) in [5.74, 6) is -0.890. The molecular formula is C17H16N2O6S. The Morgan fingerprint density at radius 2 is 1.69 bits per heavy atom. The smallest absolute Gasteiger partial charge is 0.355 e. The Bertz CT molecular complexity index is 948. The van der Waals surface area contributed by atoms with Gasteiger partial charge in [0.25, 0.3) is 15.7 Å².